The highest BCUT2D eigenvalue weighted by Gasteiger charge is 2.18. The molecule has 8 heteroatoms. The predicted molar refractivity (Wildman–Crippen MR) is 80.2 cm³/mol. The maximum Gasteiger partial charge on any atom is 0.327 e. The summed E-state index contributed by atoms with van der Waals surface area (Å²) in [5.41, 5.74) is 6.39. The molecule has 0 aliphatic rings. The number of aryl methyl sites for hydroxylation is 1. The number of H-pyrrole nitrogens is 1. The monoisotopic (exact) mass is 298 g/mol. The van der Waals surface area contributed by atoms with E-state index >= 15 is 0 Å². The van der Waals surface area contributed by atoms with Crippen LogP contribution < -0.4 is 11.4 Å². The van der Waals surface area contributed by atoms with Gasteiger partial charge in [0, 0.05) is 24.5 Å². The van der Waals surface area contributed by atoms with Crippen molar-refractivity contribution in [2.24, 2.45) is 5.73 Å². The second kappa shape index (κ2) is 5.40. The van der Waals surface area contributed by atoms with Crippen LogP contribution >= 0.6 is 0 Å². The summed E-state index contributed by atoms with van der Waals surface area (Å²) in [6.07, 6.45) is 3.96. The number of hydrogen-bond acceptors (Lipinski definition) is 5. The van der Waals surface area contributed by atoms with Crippen molar-refractivity contribution in [2.45, 2.75) is 19.9 Å². The second-order valence-corrected chi connectivity index (χ2v) is 4.78. The molecule has 3 aromatic rings. The highest BCUT2D eigenvalue weighted by atomic mass is 16.2. The molecule has 3 aromatic heterocycles. The molecular weight excluding hydrogens is 284 g/mol. The summed E-state index contributed by atoms with van der Waals surface area (Å²) < 4.78 is 1.48. The fraction of sp³-hybridized carbons (Fsp3) is 0.214. The van der Waals surface area contributed by atoms with Gasteiger partial charge in [-0.1, -0.05) is 6.92 Å². The first-order valence-corrected chi connectivity index (χ1v) is 6.82. The molecule has 22 heavy (non-hydrogen) atoms. The summed E-state index contributed by atoms with van der Waals surface area (Å²) in [5, 5.41) is 0. The number of carbonyl (C=O) groups excluding carboxylic acids is 1. The Kier molecular flexibility index (Phi) is 3.42. The molecule has 0 aliphatic heterocycles. The van der Waals surface area contributed by atoms with E-state index in [1.165, 1.54) is 4.57 Å². The standard InChI is InChI=1S/C14H14N6O2/c1-2-7-20-13-10(18-14(20)22)9(11(15)21)17-12(19-13)8-3-5-16-6-4-8/h3-6H,2,7H2,1H3,(H2,15,21)(H,18,22). The number of primary amides is 1. The predicted octanol–water partition coefficient (Wildman–Crippen LogP) is 0.690. The lowest BCUT2D eigenvalue weighted by atomic mass is 10.2. The van der Waals surface area contributed by atoms with Crippen LogP contribution in [0.25, 0.3) is 22.6 Å². The topological polar surface area (TPSA) is 120 Å². The lowest BCUT2D eigenvalue weighted by molar-refractivity contribution is 0.0997. The Balaban J connectivity index is 2.34. The number of nitrogens with zero attached hydrogens (tertiary/aromatic N) is 4. The lowest BCUT2D eigenvalue weighted by Crippen LogP contribution is -2.16. The molecule has 0 fully saturated rings. The number of aromatic nitrogens is 5. The highest BCUT2D eigenvalue weighted by molar-refractivity contribution is 6.01. The van der Waals surface area contributed by atoms with Gasteiger partial charge >= 0.3 is 5.69 Å². The molecule has 112 valence electrons. The third kappa shape index (κ3) is 2.24. The molecule has 8 nitrogen and oxygen atoms in total. The molecule has 3 heterocycles. The first-order chi connectivity index (χ1) is 10.6. The zero-order valence-electron chi connectivity index (χ0n) is 11.9. The summed E-state index contributed by atoms with van der Waals surface area (Å²) in [7, 11) is 0. The Labute approximate surface area is 125 Å². The molecule has 0 radical (unpaired) electrons. The van der Waals surface area contributed by atoms with Gasteiger partial charge in [-0.05, 0) is 18.6 Å². The van der Waals surface area contributed by atoms with Crippen LogP contribution in [0.15, 0.2) is 29.3 Å². The number of aromatic amines is 1. The van der Waals surface area contributed by atoms with Crippen molar-refractivity contribution in [1.29, 1.82) is 0 Å². The van der Waals surface area contributed by atoms with E-state index in [0.717, 1.165) is 6.42 Å². The van der Waals surface area contributed by atoms with E-state index in [4.69, 9.17) is 5.73 Å². The summed E-state index contributed by atoms with van der Waals surface area (Å²) in [4.78, 5) is 38.8. The second-order valence-electron chi connectivity index (χ2n) is 4.78. The number of pyridine rings is 1. The van der Waals surface area contributed by atoms with E-state index < -0.39 is 5.91 Å². The van der Waals surface area contributed by atoms with Crippen molar-refractivity contribution in [3.8, 4) is 11.4 Å². The number of nitrogens with two attached hydrogens (primary N) is 1. The zero-order chi connectivity index (χ0) is 15.7. The minimum Gasteiger partial charge on any atom is -0.364 e. The van der Waals surface area contributed by atoms with Crippen LogP contribution in [0.4, 0.5) is 0 Å². The van der Waals surface area contributed by atoms with Crippen LogP contribution in [0.5, 0.6) is 0 Å². The lowest BCUT2D eigenvalue weighted by Gasteiger charge is -2.05. The number of carbonyl (C=O) groups is 1. The van der Waals surface area contributed by atoms with Gasteiger partial charge in [-0.3, -0.25) is 14.3 Å². The van der Waals surface area contributed by atoms with Crippen LogP contribution in [-0.4, -0.2) is 30.4 Å². The molecule has 0 aliphatic carbocycles. The molecule has 1 amide bonds. The van der Waals surface area contributed by atoms with E-state index in [2.05, 4.69) is 19.9 Å². The number of nitrogens with one attached hydrogen (secondary N) is 1. The molecular formula is C14H14N6O2. The third-order valence-corrected chi connectivity index (χ3v) is 3.24. The zero-order valence-corrected chi connectivity index (χ0v) is 11.9. The molecule has 3 N–H and O–H groups in total. The third-order valence-electron chi connectivity index (χ3n) is 3.24. The van der Waals surface area contributed by atoms with Crippen molar-refractivity contribution in [2.75, 3.05) is 0 Å². The van der Waals surface area contributed by atoms with Gasteiger partial charge < -0.3 is 10.7 Å². The number of fused-ring (bicyclic) bond motifs is 1. The Bertz CT molecular complexity index is 897. The fourth-order valence-corrected chi connectivity index (χ4v) is 2.27. The molecule has 0 aromatic carbocycles. The van der Waals surface area contributed by atoms with Gasteiger partial charge in [0.1, 0.15) is 5.52 Å². The molecule has 0 bridgehead atoms. The number of hydrogen-bond donors (Lipinski definition) is 2. The van der Waals surface area contributed by atoms with Gasteiger partial charge in [0.15, 0.2) is 17.2 Å². The SMILES string of the molecule is CCCn1c(=O)[nH]c2c(C(N)=O)nc(-c3ccncc3)nc21. The smallest absolute Gasteiger partial charge is 0.327 e. The van der Waals surface area contributed by atoms with E-state index in [0.29, 0.717) is 23.6 Å². The molecule has 0 spiro atoms. The quantitative estimate of drug-likeness (QED) is 0.734. The molecule has 0 unspecified atom stereocenters. The average molecular weight is 298 g/mol. The van der Waals surface area contributed by atoms with Crippen LogP contribution in [0.1, 0.15) is 23.8 Å². The van der Waals surface area contributed by atoms with Crippen molar-refractivity contribution in [1.82, 2.24) is 24.5 Å². The van der Waals surface area contributed by atoms with Crippen LogP contribution in [0.2, 0.25) is 0 Å². The van der Waals surface area contributed by atoms with E-state index in [1.807, 2.05) is 6.92 Å². The van der Waals surface area contributed by atoms with Crippen LogP contribution in [-0.2, 0) is 6.54 Å². The average Bonchev–Trinajstić information content (AvgIpc) is 2.83. The van der Waals surface area contributed by atoms with E-state index in [9.17, 15) is 9.59 Å². The number of amides is 1. The fourth-order valence-electron chi connectivity index (χ4n) is 2.27. The van der Waals surface area contributed by atoms with Crippen molar-refractivity contribution in [3.63, 3.8) is 0 Å². The number of imidazole rings is 1. The van der Waals surface area contributed by atoms with Crippen molar-refractivity contribution < 1.29 is 4.79 Å². The summed E-state index contributed by atoms with van der Waals surface area (Å²) in [5.74, 6) is -0.389. The summed E-state index contributed by atoms with van der Waals surface area (Å²) in [6, 6.07) is 3.45. The Morgan fingerprint density at radius 3 is 2.68 bits per heavy atom. The van der Waals surface area contributed by atoms with Gasteiger partial charge in [-0.2, -0.15) is 0 Å². The van der Waals surface area contributed by atoms with Crippen molar-refractivity contribution in [3.05, 3.63) is 40.7 Å². The molecule has 0 atom stereocenters. The first kappa shape index (κ1) is 13.9. The van der Waals surface area contributed by atoms with Crippen molar-refractivity contribution >= 4 is 17.1 Å². The summed E-state index contributed by atoms with van der Waals surface area (Å²) in [6.45, 7) is 2.44. The molecule has 3 rings (SSSR count). The van der Waals surface area contributed by atoms with E-state index in [1.54, 1.807) is 24.5 Å². The minimum absolute atomic E-state index is 0.00349. The summed E-state index contributed by atoms with van der Waals surface area (Å²) >= 11 is 0. The van der Waals surface area contributed by atoms with Gasteiger partial charge in [-0.15, -0.1) is 0 Å². The molecule has 0 saturated heterocycles. The van der Waals surface area contributed by atoms with Gasteiger partial charge in [0.05, 0.1) is 0 Å². The minimum atomic E-state index is -0.715. The van der Waals surface area contributed by atoms with E-state index in [-0.39, 0.29) is 16.9 Å². The first-order valence-electron chi connectivity index (χ1n) is 6.82. The van der Waals surface area contributed by atoms with Crippen LogP contribution in [0.3, 0.4) is 0 Å². The Hall–Kier alpha value is -3.03. The van der Waals surface area contributed by atoms with Gasteiger partial charge in [-0.25, -0.2) is 14.8 Å². The van der Waals surface area contributed by atoms with Gasteiger partial charge in [0.2, 0.25) is 0 Å². The number of rotatable bonds is 4. The van der Waals surface area contributed by atoms with Gasteiger partial charge in [0.25, 0.3) is 5.91 Å². The van der Waals surface area contributed by atoms with Crippen LogP contribution in [0, 0.1) is 0 Å². The largest absolute Gasteiger partial charge is 0.364 e. The Morgan fingerprint density at radius 2 is 2.05 bits per heavy atom. The Morgan fingerprint density at radius 1 is 1.32 bits per heavy atom. The highest BCUT2D eigenvalue weighted by Crippen LogP contribution is 2.19. The maximum absolute atomic E-state index is 12.0. The normalized spacial score (nSPS) is 11.0. The maximum atomic E-state index is 12.0. The molecule has 0 saturated carbocycles.